The molecule has 1 aromatic rings. The SMILES string of the molecule is CC(NS(=O)(=O)CCCCCN1CC(=O)NC1=O)c1ccc(F)c(N(C)C(=O)C2CC2)c1. The molecule has 1 saturated heterocycles. The number of unbranched alkanes of at least 4 members (excludes halogenated alkanes) is 2. The van der Waals surface area contributed by atoms with Crippen LogP contribution < -0.4 is 14.9 Å². The van der Waals surface area contributed by atoms with Crippen molar-refractivity contribution in [2.24, 2.45) is 5.92 Å². The fourth-order valence-corrected chi connectivity index (χ4v) is 4.99. The molecule has 2 aliphatic rings. The van der Waals surface area contributed by atoms with Crippen molar-refractivity contribution in [1.82, 2.24) is 14.9 Å². The molecule has 176 valence electrons. The van der Waals surface area contributed by atoms with Gasteiger partial charge in [0.25, 0.3) is 0 Å². The van der Waals surface area contributed by atoms with Gasteiger partial charge >= 0.3 is 6.03 Å². The third-order valence-electron chi connectivity index (χ3n) is 5.65. The first-order chi connectivity index (χ1) is 15.1. The summed E-state index contributed by atoms with van der Waals surface area (Å²) < 4.78 is 41.8. The molecule has 0 radical (unpaired) electrons. The van der Waals surface area contributed by atoms with Gasteiger partial charge in [-0.25, -0.2) is 22.3 Å². The minimum absolute atomic E-state index is 0.0390. The Kier molecular flexibility index (Phi) is 7.50. The van der Waals surface area contributed by atoms with Crippen molar-refractivity contribution in [3.63, 3.8) is 0 Å². The van der Waals surface area contributed by atoms with E-state index in [1.54, 1.807) is 6.92 Å². The molecule has 2 N–H and O–H groups in total. The van der Waals surface area contributed by atoms with Gasteiger partial charge in [0, 0.05) is 25.6 Å². The lowest BCUT2D eigenvalue weighted by Crippen LogP contribution is -2.31. The third-order valence-corrected chi connectivity index (χ3v) is 7.19. The topological polar surface area (TPSA) is 116 Å². The Morgan fingerprint density at radius 3 is 2.62 bits per heavy atom. The number of halogens is 1. The molecular formula is C21H29FN4O5S. The van der Waals surface area contributed by atoms with E-state index in [9.17, 15) is 27.2 Å². The number of imide groups is 1. The molecule has 3 rings (SSSR count). The summed E-state index contributed by atoms with van der Waals surface area (Å²) >= 11 is 0. The Morgan fingerprint density at radius 1 is 1.28 bits per heavy atom. The first kappa shape index (κ1) is 24.1. The summed E-state index contributed by atoms with van der Waals surface area (Å²) in [5.74, 6) is -1.14. The molecule has 32 heavy (non-hydrogen) atoms. The van der Waals surface area contributed by atoms with E-state index in [-0.39, 0.29) is 35.7 Å². The maximum atomic E-state index is 14.3. The van der Waals surface area contributed by atoms with Crippen molar-refractivity contribution in [3.05, 3.63) is 29.6 Å². The fourth-order valence-electron chi connectivity index (χ4n) is 3.61. The van der Waals surface area contributed by atoms with Crippen LogP contribution in [0.15, 0.2) is 18.2 Å². The van der Waals surface area contributed by atoms with Crippen LogP contribution in [-0.2, 0) is 19.6 Å². The van der Waals surface area contributed by atoms with Crippen molar-refractivity contribution in [2.75, 3.05) is 30.8 Å². The van der Waals surface area contributed by atoms with Crippen LogP contribution in [0, 0.1) is 11.7 Å². The number of hydrogen-bond acceptors (Lipinski definition) is 5. The highest BCUT2D eigenvalue weighted by molar-refractivity contribution is 7.89. The minimum atomic E-state index is -3.58. The second-order valence-electron chi connectivity index (χ2n) is 8.38. The maximum absolute atomic E-state index is 14.3. The Balaban J connectivity index is 1.49. The Labute approximate surface area is 187 Å². The first-order valence-corrected chi connectivity index (χ1v) is 12.4. The van der Waals surface area contributed by atoms with Gasteiger partial charge in [0.1, 0.15) is 12.4 Å². The van der Waals surface area contributed by atoms with E-state index in [4.69, 9.17) is 0 Å². The van der Waals surface area contributed by atoms with Crippen molar-refractivity contribution < 1.29 is 27.2 Å². The number of rotatable bonds is 11. The van der Waals surface area contributed by atoms with E-state index >= 15 is 0 Å². The number of anilines is 1. The van der Waals surface area contributed by atoms with Crippen LogP contribution in [0.3, 0.4) is 0 Å². The van der Waals surface area contributed by atoms with Crippen LogP contribution >= 0.6 is 0 Å². The van der Waals surface area contributed by atoms with Gasteiger partial charge in [0.15, 0.2) is 0 Å². The normalized spacial score (nSPS) is 17.4. The minimum Gasteiger partial charge on any atom is -0.315 e. The van der Waals surface area contributed by atoms with E-state index in [1.165, 1.54) is 35.0 Å². The second-order valence-corrected chi connectivity index (χ2v) is 10.2. The molecule has 0 spiro atoms. The lowest BCUT2D eigenvalue weighted by molar-refractivity contribution is -0.119. The molecule has 0 bridgehead atoms. The number of nitrogens with one attached hydrogen (secondary N) is 2. The zero-order valence-electron chi connectivity index (χ0n) is 18.3. The predicted octanol–water partition coefficient (Wildman–Crippen LogP) is 1.90. The second kappa shape index (κ2) is 9.95. The van der Waals surface area contributed by atoms with Crippen LogP contribution in [0.25, 0.3) is 0 Å². The molecule has 0 aromatic heterocycles. The van der Waals surface area contributed by atoms with Crippen LogP contribution in [-0.4, -0.2) is 57.1 Å². The molecule has 1 aliphatic carbocycles. The molecule has 9 nitrogen and oxygen atoms in total. The number of nitrogens with zero attached hydrogens (tertiary/aromatic N) is 2. The van der Waals surface area contributed by atoms with Gasteiger partial charge in [-0.15, -0.1) is 0 Å². The van der Waals surface area contributed by atoms with Crippen molar-refractivity contribution in [3.8, 4) is 0 Å². The van der Waals surface area contributed by atoms with Gasteiger partial charge in [-0.3, -0.25) is 14.9 Å². The van der Waals surface area contributed by atoms with E-state index in [0.717, 1.165) is 12.8 Å². The monoisotopic (exact) mass is 468 g/mol. The molecule has 1 unspecified atom stereocenters. The summed E-state index contributed by atoms with van der Waals surface area (Å²) in [4.78, 5) is 37.6. The molecular weight excluding hydrogens is 439 g/mol. The highest BCUT2D eigenvalue weighted by Crippen LogP contribution is 2.33. The molecule has 1 atom stereocenters. The smallest absolute Gasteiger partial charge is 0.315 e. The van der Waals surface area contributed by atoms with Gasteiger partial charge < -0.3 is 9.80 Å². The van der Waals surface area contributed by atoms with Crippen molar-refractivity contribution >= 4 is 33.6 Å². The Hall–Kier alpha value is -2.53. The van der Waals surface area contributed by atoms with Crippen LogP contribution in [0.2, 0.25) is 0 Å². The van der Waals surface area contributed by atoms with Crippen molar-refractivity contribution in [1.29, 1.82) is 0 Å². The number of sulfonamides is 1. The van der Waals surface area contributed by atoms with Crippen molar-refractivity contribution in [2.45, 2.75) is 45.1 Å². The number of hydrogen-bond donors (Lipinski definition) is 2. The lowest BCUT2D eigenvalue weighted by atomic mass is 10.1. The summed E-state index contributed by atoms with van der Waals surface area (Å²) in [6, 6.07) is 3.24. The summed E-state index contributed by atoms with van der Waals surface area (Å²) in [5.41, 5.74) is 0.694. The molecule has 4 amide bonds. The molecule has 1 heterocycles. The lowest BCUT2D eigenvalue weighted by Gasteiger charge is -2.21. The summed E-state index contributed by atoms with van der Waals surface area (Å²) in [6.07, 6.45) is 3.20. The molecule has 2 fully saturated rings. The highest BCUT2D eigenvalue weighted by Gasteiger charge is 2.33. The number of amides is 4. The molecule has 1 aliphatic heterocycles. The van der Waals surface area contributed by atoms with Crippen LogP contribution in [0.5, 0.6) is 0 Å². The third kappa shape index (κ3) is 6.26. The molecule has 1 saturated carbocycles. The zero-order valence-corrected chi connectivity index (χ0v) is 19.1. The van der Waals surface area contributed by atoms with E-state index in [0.29, 0.717) is 31.4 Å². The van der Waals surface area contributed by atoms with E-state index in [1.807, 2.05) is 0 Å². The fraction of sp³-hybridized carbons (Fsp3) is 0.571. The van der Waals surface area contributed by atoms with Crippen LogP contribution in [0.1, 0.15) is 50.6 Å². The van der Waals surface area contributed by atoms with Gasteiger partial charge in [-0.1, -0.05) is 12.5 Å². The number of urea groups is 1. The van der Waals surface area contributed by atoms with Gasteiger partial charge in [-0.05, 0) is 50.3 Å². The Morgan fingerprint density at radius 2 is 2.00 bits per heavy atom. The average molecular weight is 469 g/mol. The summed E-state index contributed by atoms with van der Waals surface area (Å²) in [6.45, 7) is 2.10. The average Bonchev–Trinajstić information content (AvgIpc) is 3.51. The van der Waals surface area contributed by atoms with Gasteiger partial charge in [-0.2, -0.15) is 0 Å². The molecule has 1 aromatic carbocycles. The predicted molar refractivity (Wildman–Crippen MR) is 117 cm³/mol. The maximum Gasteiger partial charge on any atom is 0.324 e. The number of benzene rings is 1. The zero-order chi connectivity index (χ0) is 23.5. The van der Waals surface area contributed by atoms with E-state index in [2.05, 4.69) is 10.0 Å². The Bertz CT molecular complexity index is 996. The van der Waals surface area contributed by atoms with E-state index < -0.39 is 27.9 Å². The summed E-state index contributed by atoms with van der Waals surface area (Å²) in [5, 5.41) is 2.20. The quantitative estimate of drug-likeness (QED) is 0.380. The highest BCUT2D eigenvalue weighted by atomic mass is 32.2. The first-order valence-electron chi connectivity index (χ1n) is 10.7. The number of carbonyl (C=O) groups is 3. The molecule has 11 heteroatoms. The van der Waals surface area contributed by atoms with Gasteiger partial charge in [0.05, 0.1) is 11.4 Å². The largest absolute Gasteiger partial charge is 0.324 e. The van der Waals surface area contributed by atoms with Crippen LogP contribution in [0.4, 0.5) is 14.9 Å². The number of carbonyl (C=O) groups excluding carboxylic acids is 3. The standard InChI is InChI=1S/C21H29FN4O5S/c1-14(16-8-9-17(22)18(12-16)25(2)20(28)15-6-7-15)24-32(30,31)11-5-3-4-10-26-13-19(27)23-21(26)29/h8-9,12,14-15,24H,3-7,10-11,13H2,1-2H3,(H,23,27,29). The summed E-state index contributed by atoms with van der Waals surface area (Å²) in [7, 11) is -2.06. The van der Waals surface area contributed by atoms with Gasteiger partial charge in [0.2, 0.25) is 21.8 Å².